The van der Waals surface area contributed by atoms with Crippen molar-refractivity contribution < 1.29 is 4.79 Å². The van der Waals surface area contributed by atoms with Crippen LogP contribution in [0.15, 0.2) is 46.9 Å². The molecule has 2 rings (SSSR count). The summed E-state index contributed by atoms with van der Waals surface area (Å²) in [6, 6.07) is 14.3. The van der Waals surface area contributed by atoms with Gasteiger partial charge in [-0.25, -0.2) is 0 Å². The van der Waals surface area contributed by atoms with E-state index in [2.05, 4.69) is 39.4 Å². The highest BCUT2D eigenvalue weighted by atomic mass is 79.9. The fourth-order valence-corrected chi connectivity index (χ4v) is 3.14. The second-order valence-electron chi connectivity index (χ2n) is 5.04. The van der Waals surface area contributed by atoms with Gasteiger partial charge in [0.1, 0.15) is 0 Å². The van der Waals surface area contributed by atoms with Crippen molar-refractivity contribution in [1.82, 2.24) is 0 Å². The van der Waals surface area contributed by atoms with Gasteiger partial charge >= 0.3 is 0 Å². The first-order chi connectivity index (χ1) is 10.0. The predicted octanol–water partition coefficient (Wildman–Crippen LogP) is 4.94. The average molecular weight is 364 g/mol. The molecule has 2 nitrogen and oxygen atoms in total. The summed E-state index contributed by atoms with van der Waals surface area (Å²) in [6.45, 7) is 4.07. The number of rotatable bonds is 5. The Kier molecular flexibility index (Phi) is 5.88. The van der Waals surface area contributed by atoms with E-state index in [0.717, 1.165) is 27.0 Å². The molecule has 0 aliphatic carbocycles. The van der Waals surface area contributed by atoms with Crippen LogP contribution < -0.4 is 5.32 Å². The van der Waals surface area contributed by atoms with Gasteiger partial charge in [0.05, 0.1) is 5.75 Å². The van der Waals surface area contributed by atoms with Gasteiger partial charge in [0.25, 0.3) is 0 Å². The smallest absolute Gasteiger partial charge is 0.234 e. The third-order valence-corrected chi connectivity index (χ3v) is 4.45. The van der Waals surface area contributed by atoms with Crippen LogP contribution in [0, 0.1) is 13.8 Å². The molecule has 0 aromatic heterocycles. The van der Waals surface area contributed by atoms with E-state index in [9.17, 15) is 4.79 Å². The zero-order valence-corrected chi connectivity index (χ0v) is 14.6. The van der Waals surface area contributed by atoms with E-state index < -0.39 is 0 Å². The molecule has 0 saturated heterocycles. The van der Waals surface area contributed by atoms with Crippen LogP contribution in [0.3, 0.4) is 0 Å². The molecular formula is C17H18BrNOS. The standard InChI is InChI=1S/C17H18BrNOS/c1-12-7-13(2)9-16(8-12)19-17(20)11-21-10-14-3-5-15(18)6-4-14/h3-9H,10-11H2,1-2H3,(H,19,20). The number of amides is 1. The molecule has 21 heavy (non-hydrogen) atoms. The van der Waals surface area contributed by atoms with Crippen LogP contribution >= 0.6 is 27.7 Å². The second kappa shape index (κ2) is 7.66. The van der Waals surface area contributed by atoms with Crippen LogP contribution in [0.25, 0.3) is 0 Å². The minimum atomic E-state index is 0.0436. The van der Waals surface area contributed by atoms with Crippen LogP contribution in [0.1, 0.15) is 16.7 Å². The number of hydrogen-bond acceptors (Lipinski definition) is 2. The molecule has 2 aromatic carbocycles. The summed E-state index contributed by atoms with van der Waals surface area (Å²) in [4.78, 5) is 11.9. The Bertz CT molecular complexity index is 605. The fourth-order valence-electron chi connectivity index (χ4n) is 2.09. The van der Waals surface area contributed by atoms with Crippen LogP contribution in [-0.2, 0) is 10.5 Å². The van der Waals surface area contributed by atoms with E-state index in [1.165, 1.54) is 5.56 Å². The molecule has 2 aromatic rings. The maximum Gasteiger partial charge on any atom is 0.234 e. The topological polar surface area (TPSA) is 29.1 Å². The Balaban J connectivity index is 1.80. The number of nitrogens with one attached hydrogen (secondary N) is 1. The van der Waals surface area contributed by atoms with Gasteiger partial charge in [0.2, 0.25) is 5.91 Å². The second-order valence-corrected chi connectivity index (χ2v) is 6.95. The van der Waals surface area contributed by atoms with E-state index in [4.69, 9.17) is 0 Å². The number of aryl methyl sites for hydroxylation is 2. The zero-order chi connectivity index (χ0) is 15.2. The third-order valence-electron chi connectivity index (χ3n) is 2.92. The summed E-state index contributed by atoms with van der Waals surface area (Å²) < 4.78 is 1.07. The lowest BCUT2D eigenvalue weighted by atomic mass is 10.1. The highest BCUT2D eigenvalue weighted by Gasteiger charge is 2.04. The van der Waals surface area contributed by atoms with Gasteiger partial charge in [-0.05, 0) is 54.8 Å². The first-order valence-electron chi connectivity index (χ1n) is 6.73. The lowest BCUT2D eigenvalue weighted by Crippen LogP contribution is -2.14. The number of halogens is 1. The Morgan fingerprint density at radius 2 is 1.71 bits per heavy atom. The maximum absolute atomic E-state index is 11.9. The van der Waals surface area contributed by atoms with Gasteiger partial charge in [-0.3, -0.25) is 4.79 Å². The minimum absolute atomic E-state index is 0.0436. The van der Waals surface area contributed by atoms with Crippen LogP contribution in [0.5, 0.6) is 0 Å². The van der Waals surface area contributed by atoms with Gasteiger partial charge in [-0.1, -0.05) is 34.1 Å². The van der Waals surface area contributed by atoms with Gasteiger partial charge in [-0.2, -0.15) is 0 Å². The molecule has 0 spiro atoms. The Morgan fingerprint density at radius 1 is 1.10 bits per heavy atom. The first kappa shape index (κ1) is 16.1. The lowest BCUT2D eigenvalue weighted by Gasteiger charge is -2.07. The van der Waals surface area contributed by atoms with E-state index in [1.807, 2.05) is 38.1 Å². The minimum Gasteiger partial charge on any atom is -0.325 e. The van der Waals surface area contributed by atoms with Gasteiger partial charge < -0.3 is 5.32 Å². The number of carbonyl (C=O) groups excluding carboxylic acids is 1. The van der Waals surface area contributed by atoms with Crippen LogP contribution in [0.4, 0.5) is 5.69 Å². The molecule has 0 fully saturated rings. The summed E-state index contributed by atoms with van der Waals surface area (Å²) in [6.07, 6.45) is 0. The zero-order valence-electron chi connectivity index (χ0n) is 12.2. The normalized spacial score (nSPS) is 10.4. The highest BCUT2D eigenvalue weighted by molar-refractivity contribution is 9.10. The SMILES string of the molecule is Cc1cc(C)cc(NC(=O)CSCc2ccc(Br)cc2)c1. The molecule has 0 bridgehead atoms. The van der Waals surface area contributed by atoms with Gasteiger partial charge in [0, 0.05) is 15.9 Å². The van der Waals surface area contributed by atoms with Crippen LogP contribution in [0.2, 0.25) is 0 Å². The molecule has 0 unspecified atom stereocenters. The molecule has 4 heteroatoms. The molecule has 0 saturated carbocycles. The molecular weight excluding hydrogens is 346 g/mol. The van der Waals surface area contributed by atoms with Gasteiger partial charge in [-0.15, -0.1) is 11.8 Å². The van der Waals surface area contributed by atoms with E-state index in [0.29, 0.717) is 5.75 Å². The number of carbonyl (C=O) groups is 1. The van der Waals surface area contributed by atoms with Crippen molar-refractivity contribution in [2.45, 2.75) is 19.6 Å². The molecule has 0 radical (unpaired) electrons. The molecule has 1 amide bonds. The predicted molar refractivity (Wildman–Crippen MR) is 94.8 cm³/mol. The van der Waals surface area contributed by atoms with E-state index >= 15 is 0 Å². The lowest BCUT2D eigenvalue weighted by molar-refractivity contribution is -0.113. The van der Waals surface area contributed by atoms with E-state index in [1.54, 1.807) is 11.8 Å². The van der Waals surface area contributed by atoms with Crippen molar-refractivity contribution in [3.05, 3.63) is 63.6 Å². The van der Waals surface area contributed by atoms with Crippen molar-refractivity contribution in [1.29, 1.82) is 0 Å². The summed E-state index contributed by atoms with van der Waals surface area (Å²) in [5.41, 5.74) is 4.42. The highest BCUT2D eigenvalue weighted by Crippen LogP contribution is 2.17. The average Bonchev–Trinajstić information content (AvgIpc) is 2.39. The fraction of sp³-hybridized carbons (Fsp3) is 0.235. The maximum atomic E-state index is 11.9. The summed E-state index contributed by atoms with van der Waals surface area (Å²) in [7, 11) is 0. The molecule has 0 heterocycles. The molecule has 0 aliphatic heterocycles. The summed E-state index contributed by atoms with van der Waals surface area (Å²) in [5, 5.41) is 2.95. The molecule has 110 valence electrons. The third kappa shape index (κ3) is 5.56. The Morgan fingerprint density at radius 3 is 2.33 bits per heavy atom. The van der Waals surface area contributed by atoms with Crippen LogP contribution in [-0.4, -0.2) is 11.7 Å². The Labute approximate surface area is 138 Å². The molecule has 1 N–H and O–H groups in total. The molecule has 0 aliphatic rings. The number of thioether (sulfide) groups is 1. The number of benzene rings is 2. The van der Waals surface area contributed by atoms with Crippen molar-refractivity contribution in [2.24, 2.45) is 0 Å². The van der Waals surface area contributed by atoms with E-state index in [-0.39, 0.29) is 5.91 Å². The quantitative estimate of drug-likeness (QED) is 0.814. The first-order valence-corrected chi connectivity index (χ1v) is 8.68. The Hall–Kier alpha value is -1.26. The largest absolute Gasteiger partial charge is 0.325 e. The van der Waals surface area contributed by atoms with Crippen molar-refractivity contribution in [3.8, 4) is 0 Å². The van der Waals surface area contributed by atoms with Crippen molar-refractivity contribution in [3.63, 3.8) is 0 Å². The number of anilines is 1. The van der Waals surface area contributed by atoms with Crippen molar-refractivity contribution in [2.75, 3.05) is 11.1 Å². The summed E-state index contributed by atoms with van der Waals surface area (Å²) in [5.74, 6) is 1.35. The van der Waals surface area contributed by atoms with Crippen molar-refractivity contribution >= 4 is 39.3 Å². The summed E-state index contributed by atoms with van der Waals surface area (Å²) >= 11 is 5.04. The molecule has 0 atom stereocenters. The monoisotopic (exact) mass is 363 g/mol. The van der Waals surface area contributed by atoms with Gasteiger partial charge in [0.15, 0.2) is 0 Å². The number of hydrogen-bond donors (Lipinski definition) is 1.